The summed E-state index contributed by atoms with van der Waals surface area (Å²) in [5.41, 5.74) is -2.29. The summed E-state index contributed by atoms with van der Waals surface area (Å²) in [6.07, 6.45) is -6.57. The number of para-hydroxylation sites is 1. The zero-order chi connectivity index (χ0) is 24.9. The summed E-state index contributed by atoms with van der Waals surface area (Å²) in [5.74, 6) is -0.333. The van der Waals surface area contributed by atoms with Crippen molar-refractivity contribution in [3.8, 4) is 17.6 Å². The minimum Gasteiger partial charge on any atom is -0.457 e. The molecule has 5 nitrogen and oxygen atoms in total. The fraction of sp³-hybridized carbons (Fsp3) is 0.409. The van der Waals surface area contributed by atoms with Crippen LogP contribution in [-0.4, -0.2) is 30.7 Å². The average molecular weight is 567 g/mol. The molecule has 0 aromatic heterocycles. The van der Waals surface area contributed by atoms with Crippen molar-refractivity contribution in [1.82, 2.24) is 0 Å². The normalized spacial score (nSPS) is 24.9. The molecule has 0 heterocycles. The molecule has 2 aromatic carbocycles. The number of halogens is 5. The van der Waals surface area contributed by atoms with Crippen LogP contribution in [0.3, 0.4) is 0 Å². The van der Waals surface area contributed by atoms with Gasteiger partial charge in [0.2, 0.25) is 3.78 Å². The van der Waals surface area contributed by atoms with Gasteiger partial charge in [0, 0.05) is 5.92 Å². The first-order valence-electron chi connectivity index (χ1n) is 9.65. The van der Waals surface area contributed by atoms with Crippen LogP contribution in [0.2, 0.25) is 0 Å². The molecule has 0 N–H and O–H groups in total. The van der Waals surface area contributed by atoms with Crippen molar-refractivity contribution in [2.45, 2.75) is 35.3 Å². The van der Waals surface area contributed by atoms with Gasteiger partial charge >= 0.3 is 6.18 Å². The van der Waals surface area contributed by atoms with E-state index in [1.165, 1.54) is 0 Å². The number of alkyl halides is 5. The van der Waals surface area contributed by atoms with Crippen LogP contribution in [0.25, 0.3) is 0 Å². The van der Waals surface area contributed by atoms with E-state index in [-0.39, 0.29) is 0 Å². The Morgan fingerprint density at radius 1 is 1.12 bits per heavy atom. The first-order valence-corrected chi connectivity index (χ1v) is 12.6. The zero-order valence-electron chi connectivity index (χ0n) is 17.7. The Balaban J connectivity index is 2.09. The predicted octanol–water partition coefficient (Wildman–Crippen LogP) is 6.13. The van der Waals surface area contributed by atoms with Gasteiger partial charge in [-0.3, -0.25) is 4.18 Å². The Hall–Kier alpha value is -1.80. The number of hydrogen-bond donors (Lipinski definition) is 0. The van der Waals surface area contributed by atoms with Gasteiger partial charge in [-0.2, -0.15) is 26.9 Å². The van der Waals surface area contributed by atoms with Gasteiger partial charge in [0.05, 0.1) is 17.7 Å². The molecular formula is C22H20BrClF3NO4S. The summed E-state index contributed by atoms with van der Waals surface area (Å²) in [4.78, 5) is 0. The highest BCUT2D eigenvalue weighted by Gasteiger charge is 2.80. The van der Waals surface area contributed by atoms with E-state index in [4.69, 9.17) is 20.5 Å². The average Bonchev–Trinajstić information content (AvgIpc) is 3.21. The van der Waals surface area contributed by atoms with Crippen molar-refractivity contribution >= 4 is 37.6 Å². The van der Waals surface area contributed by atoms with E-state index < -0.39 is 42.9 Å². The van der Waals surface area contributed by atoms with Crippen molar-refractivity contribution in [3.63, 3.8) is 0 Å². The van der Waals surface area contributed by atoms with Crippen LogP contribution in [0, 0.1) is 22.7 Å². The highest BCUT2D eigenvalue weighted by atomic mass is 79.9. The van der Waals surface area contributed by atoms with Gasteiger partial charge in [0.25, 0.3) is 10.1 Å². The standard InChI is InChI=1S/C22H20BrClF3NO4S/c1-19(2)17(18(32-33(3,29)30)21(23,24)22(25,26)27)20(19,13-28)14-8-7-11-16(12-14)31-15-9-5-4-6-10-15/h4-12,17-18H,1-3H3. The molecule has 0 aliphatic heterocycles. The number of nitrogens with zero attached hydrogens (tertiary/aromatic N) is 1. The maximum Gasteiger partial charge on any atom is 0.420 e. The van der Waals surface area contributed by atoms with E-state index in [2.05, 4.69) is 22.0 Å². The monoisotopic (exact) mass is 565 g/mol. The molecule has 1 saturated carbocycles. The number of rotatable bonds is 7. The highest BCUT2D eigenvalue weighted by molar-refractivity contribution is 9.10. The lowest BCUT2D eigenvalue weighted by atomic mass is 9.88. The van der Waals surface area contributed by atoms with Gasteiger partial charge in [-0.15, -0.1) is 0 Å². The van der Waals surface area contributed by atoms with E-state index >= 15 is 0 Å². The Morgan fingerprint density at radius 3 is 2.21 bits per heavy atom. The van der Waals surface area contributed by atoms with Crippen molar-refractivity contribution in [3.05, 3.63) is 60.2 Å². The first kappa shape index (κ1) is 25.8. The Kier molecular flexibility index (Phi) is 6.61. The molecule has 0 radical (unpaired) electrons. The second-order valence-electron chi connectivity index (χ2n) is 8.40. The van der Waals surface area contributed by atoms with E-state index in [0.717, 1.165) is 0 Å². The third-order valence-corrected chi connectivity index (χ3v) is 7.83. The van der Waals surface area contributed by atoms with E-state index in [1.54, 1.807) is 62.4 Å². The predicted molar refractivity (Wildman–Crippen MR) is 121 cm³/mol. The Labute approximate surface area is 203 Å². The van der Waals surface area contributed by atoms with Crippen LogP contribution in [0.15, 0.2) is 54.6 Å². The minimum atomic E-state index is -5.08. The van der Waals surface area contributed by atoms with Crippen LogP contribution in [0.5, 0.6) is 11.5 Å². The molecule has 33 heavy (non-hydrogen) atoms. The SMILES string of the molecule is CC1(C)C(C(OS(C)(=O)=O)C(Cl)(Br)C(F)(F)F)C1(C#N)c1cccc(Oc2ccccc2)c1. The molecule has 1 aliphatic rings. The lowest BCUT2D eigenvalue weighted by molar-refractivity contribution is -0.157. The molecule has 0 saturated heterocycles. The van der Waals surface area contributed by atoms with Gasteiger partial charge in [0.1, 0.15) is 17.6 Å². The lowest BCUT2D eigenvalue weighted by Crippen LogP contribution is -2.49. The summed E-state index contributed by atoms with van der Waals surface area (Å²) in [6.45, 7) is 3.14. The molecule has 178 valence electrons. The van der Waals surface area contributed by atoms with Gasteiger partial charge < -0.3 is 4.74 Å². The third kappa shape index (κ3) is 4.61. The molecule has 1 aliphatic carbocycles. The summed E-state index contributed by atoms with van der Waals surface area (Å²) in [5, 5.41) is 10.2. The quantitative estimate of drug-likeness (QED) is 0.298. The second kappa shape index (κ2) is 8.45. The summed E-state index contributed by atoms with van der Waals surface area (Å²) in [7, 11) is -4.36. The molecule has 2 aromatic rings. The molecule has 0 spiro atoms. The van der Waals surface area contributed by atoms with Crippen LogP contribution >= 0.6 is 27.5 Å². The largest absolute Gasteiger partial charge is 0.457 e. The van der Waals surface area contributed by atoms with Gasteiger partial charge in [-0.25, -0.2) is 0 Å². The fourth-order valence-corrected chi connectivity index (χ4v) is 5.68. The zero-order valence-corrected chi connectivity index (χ0v) is 20.9. The van der Waals surface area contributed by atoms with Crippen molar-refractivity contribution in [2.24, 2.45) is 11.3 Å². The molecular weight excluding hydrogens is 547 g/mol. The first-order chi connectivity index (χ1) is 15.1. The van der Waals surface area contributed by atoms with E-state index in [1.807, 2.05) is 6.07 Å². The number of ether oxygens (including phenoxy) is 1. The maximum atomic E-state index is 13.8. The van der Waals surface area contributed by atoms with Crippen LogP contribution in [-0.2, 0) is 19.7 Å². The smallest absolute Gasteiger partial charge is 0.420 e. The van der Waals surface area contributed by atoms with Crippen LogP contribution in [0.1, 0.15) is 19.4 Å². The fourth-order valence-electron chi connectivity index (χ4n) is 4.34. The summed E-state index contributed by atoms with van der Waals surface area (Å²) in [6, 6.07) is 17.3. The summed E-state index contributed by atoms with van der Waals surface area (Å²) >= 11 is 8.27. The van der Waals surface area contributed by atoms with Gasteiger partial charge in [-0.1, -0.05) is 71.7 Å². The molecule has 11 heteroatoms. The maximum absolute atomic E-state index is 13.8. The Bertz CT molecular complexity index is 1180. The van der Waals surface area contributed by atoms with E-state index in [9.17, 15) is 26.9 Å². The van der Waals surface area contributed by atoms with Crippen molar-refractivity contribution in [1.29, 1.82) is 5.26 Å². The number of hydrogen-bond acceptors (Lipinski definition) is 5. The molecule has 0 amide bonds. The molecule has 3 rings (SSSR count). The molecule has 4 unspecified atom stereocenters. The lowest BCUT2D eigenvalue weighted by Gasteiger charge is -2.32. The molecule has 1 fully saturated rings. The highest BCUT2D eigenvalue weighted by Crippen LogP contribution is 2.73. The number of benzene rings is 2. The molecule has 4 atom stereocenters. The topological polar surface area (TPSA) is 76.4 Å². The number of nitriles is 1. The molecule has 0 bridgehead atoms. The van der Waals surface area contributed by atoms with Crippen LogP contribution < -0.4 is 4.74 Å². The minimum absolute atomic E-state index is 0.359. The summed E-state index contributed by atoms with van der Waals surface area (Å²) < 4.78 is 72.6. The van der Waals surface area contributed by atoms with Gasteiger partial charge in [-0.05, 0) is 35.2 Å². The van der Waals surface area contributed by atoms with E-state index in [0.29, 0.717) is 23.3 Å². The van der Waals surface area contributed by atoms with Crippen molar-refractivity contribution in [2.75, 3.05) is 6.26 Å². The third-order valence-electron chi connectivity index (χ3n) is 5.94. The van der Waals surface area contributed by atoms with Crippen LogP contribution in [0.4, 0.5) is 13.2 Å². The van der Waals surface area contributed by atoms with Gasteiger partial charge in [0.15, 0.2) is 0 Å². The van der Waals surface area contributed by atoms with Crippen molar-refractivity contribution < 1.29 is 30.5 Å². The Morgan fingerprint density at radius 2 is 1.70 bits per heavy atom. The second-order valence-corrected chi connectivity index (χ2v) is 12.3.